The molecule has 10 heavy (non-hydrogen) atoms. The fraction of sp³-hybridized carbons (Fsp3) is 0.889. The number of rotatable bonds is 5. The van der Waals surface area contributed by atoms with Crippen LogP contribution in [-0.2, 0) is 4.74 Å². The number of hydrogen-bond donors (Lipinski definition) is 0. The van der Waals surface area contributed by atoms with Gasteiger partial charge in [-0.05, 0) is 26.2 Å². The second-order valence-electron chi connectivity index (χ2n) is 3.14. The summed E-state index contributed by atoms with van der Waals surface area (Å²) in [5, 5.41) is 0. The Hall–Kier alpha value is -0.0400. The first-order chi connectivity index (χ1) is 4.83. The highest BCUT2D eigenvalue weighted by molar-refractivity contribution is 4.74. The summed E-state index contributed by atoms with van der Waals surface area (Å²) in [4.78, 5) is 0. The molecule has 0 spiro atoms. The third kappa shape index (κ3) is 3.21. The van der Waals surface area contributed by atoms with Gasteiger partial charge in [0, 0.05) is 0 Å². The summed E-state index contributed by atoms with van der Waals surface area (Å²) in [5.74, 6) is 0. The average molecular weight is 141 g/mol. The van der Waals surface area contributed by atoms with Crippen molar-refractivity contribution >= 4 is 0 Å². The van der Waals surface area contributed by atoms with Gasteiger partial charge < -0.3 is 4.74 Å². The Balaban J connectivity index is 1.91. The molecule has 0 N–H and O–H groups in total. The number of unbranched alkanes of at least 4 members (excludes halogenated alkanes) is 1. The van der Waals surface area contributed by atoms with Crippen molar-refractivity contribution in [2.75, 3.05) is 0 Å². The molecule has 0 bridgehead atoms. The third-order valence-electron chi connectivity index (χ3n) is 1.81. The summed E-state index contributed by atoms with van der Waals surface area (Å²) in [5.41, 5.74) is 0. The van der Waals surface area contributed by atoms with Crippen LogP contribution < -0.4 is 0 Å². The Labute approximate surface area is 63.8 Å². The van der Waals surface area contributed by atoms with Crippen molar-refractivity contribution in [2.45, 2.75) is 51.2 Å². The van der Waals surface area contributed by atoms with Crippen LogP contribution in [0.3, 0.4) is 0 Å². The summed E-state index contributed by atoms with van der Waals surface area (Å²) < 4.78 is 5.64. The lowest BCUT2D eigenvalue weighted by atomic mass is 10.2. The van der Waals surface area contributed by atoms with Crippen LogP contribution in [0.1, 0.15) is 39.0 Å². The van der Waals surface area contributed by atoms with E-state index in [2.05, 4.69) is 13.8 Å². The van der Waals surface area contributed by atoms with Crippen molar-refractivity contribution in [3.63, 3.8) is 0 Å². The predicted molar refractivity (Wildman–Crippen MR) is 42.8 cm³/mol. The predicted octanol–water partition coefficient (Wildman–Crippen LogP) is 2.56. The molecule has 0 saturated heterocycles. The zero-order valence-electron chi connectivity index (χ0n) is 6.81. The first kappa shape index (κ1) is 8.06. The molecule has 1 heteroatoms. The molecular weight excluding hydrogens is 124 g/mol. The van der Waals surface area contributed by atoms with Gasteiger partial charge in [0.15, 0.2) is 0 Å². The van der Waals surface area contributed by atoms with E-state index >= 15 is 0 Å². The maximum absolute atomic E-state index is 5.64. The number of hydrogen-bond acceptors (Lipinski definition) is 1. The molecule has 1 nitrogen and oxygen atoms in total. The summed E-state index contributed by atoms with van der Waals surface area (Å²) in [6.45, 7) is 5.96. The zero-order chi connectivity index (χ0) is 7.40. The van der Waals surface area contributed by atoms with E-state index in [-0.39, 0.29) is 0 Å². The minimum Gasteiger partial charge on any atom is -0.375 e. The Morgan fingerprint density at radius 3 is 2.80 bits per heavy atom. The van der Waals surface area contributed by atoms with Gasteiger partial charge in [-0.25, -0.2) is 0 Å². The lowest BCUT2D eigenvalue weighted by Crippen LogP contribution is -2.08. The van der Waals surface area contributed by atoms with Crippen LogP contribution >= 0.6 is 0 Å². The minimum atomic E-state index is 0.467. The molecule has 1 rings (SSSR count). The second kappa shape index (κ2) is 3.97. The fourth-order valence-corrected chi connectivity index (χ4v) is 1.03. The lowest BCUT2D eigenvalue weighted by molar-refractivity contribution is 0.0459. The Morgan fingerprint density at radius 1 is 1.60 bits per heavy atom. The van der Waals surface area contributed by atoms with E-state index in [4.69, 9.17) is 4.74 Å². The molecule has 1 aliphatic rings. The summed E-state index contributed by atoms with van der Waals surface area (Å²) in [6, 6.07) is 0. The van der Waals surface area contributed by atoms with Crippen LogP contribution in [0.2, 0.25) is 0 Å². The quantitative estimate of drug-likeness (QED) is 0.571. The molecule has 1 radical (unpaired) electrons. The van der Waals surface area contributed by atoms with Gasteiger partial charge in [0.25, 0.3) is 0 Å². The van der Waals surface area contributed by atoms with Crippen LogP contribution in [0.25, 0.3) is 0 Å². The van der Waals surface area contributed by atoms with Crippen molar-refractivity contribution in [1.29, 1.82) is 0 Å². The van der Waals surface area contributed by atoms with Crippen molar-refractivity contribution in [3.8, 4) is 0 Å². The average Bonchev–Trinajstić information content (AvgIpc) is 2.67. The lowest BCUT2D eigenvalue weighted by Gasteiger charge is -2.10. The maximum Gasteiger partial charge on any atom is 0.0580 e. The first-order valence-electron chi connectivity index (χ1n) is 4.27. The Bertz CT molecular complexity index is 86.7. The smallest absolute Gasteiger partial charge is 0.0580 e. The third-order valence-corrected chi connectivity index (χ3v) is 1.81. The molecule has 0 aromatic carbocycles. The highest BCUT2D eigenvalue weighted by Crippen LogP contribution is 2.25. The van der Waals surface area contributed by atoms with Gasteiger partial charge in [-0.2, -0.15) is 0 Å². The molecule has 1 unspecified atom stereocenters. The standard InChI is InChI=1S/C9H17O/c1-3-4-5-8(2)10-9-6-7-9/h8-9H,1,3-7H2,2H3. The summed E-state index contributed by atoms with van der Waals surface area (Å²) in [6.07, 6.45) is 7.07. The van der Waals surface area contributed by atoms with Crippen LogP contribution in [0, 0.1) is 6.92 Å². The molecule has 1 aliphatic carbocycles. The summed E-state index contributed by atoms with van der Waals surface area (Å²) >= 11 is 0. The topological polar surface area (TPSA) is 9.23 Å². The van der Waals surface area contributed by atoms with Crippen molar-refractivity contribution in [1.82, 2.24) is 0 Å². The van der Waals surface area contributed by atoms with Gasteiger partial charge in [-0.3, -0.25) is 0 Å². The van der Waals surface area contributed by atoms with E-state index in [0.29, 0.717) is 12.2 Å². The summed E-state index contributed by atoms with van der Waals surface area (Å²) in [7, 11) is 0. The highest BCUT2D eigenvalue weighted by Gasteiger charge is 2.23. The van der Waals surface area contributed by atoms with E-state index in [0.717, 1.165) is 6.42 Å². The highest BCUT2D eigenvalue weighted by atomic mass is 16.5. The van der Waals surface area contributed by atoms with Crippen LogP contribution in [0.4, 0.5) is 0 Å². The van der Waals surface area contributed by atoms with E-state index in [1.165, 1.54) is 25.7 Å². The molecule has 1 fully saturated rings. The molecule has 0 aromatic heterocycles. The molecule has 0 aromatic rings. The van der Waals surface area contributed by atoms with Crippen molar-refractivity contribution in [2.24, 2.45) is 0 Å². The van der Waals surface area contributed by atoms with Gasteiger partial charge in [0.05, 0.1) is 12.2 Å². The van der Waals surface area contributed by atoms with E-state index < -0.39 is 0 Å². The number of ether oxygens (including phenoxy) is 1. The van der Waals surface area contributed by atoms with Gasteiger partial charge >= 0.3 is 0 Å². The Morgan fingerprint density at radius 2 is 2.30 bits per heavy atom. The monoisotopic (exact) mass is 141 g/mol. The van der Waals surface area contributed by atoms with E-state index in [1.807, 2.05) is 0 Å². The molecule has 0 amide bonds. The van der Waals surface area contributed by atoms with Crippen LogP contribution in [-0.4, -0.2) is 12.2 Å². The fourth-order valence-electron chi connectivity index (χ4n) is 1.03. The van der Waals surface area contributed by atoms with Gasteiger partial charge in [0.2, 0.25) is 0 Å². The SMILES string of the molecule is [CH2]CCCC(C)OC1CC1. The first-order valence-corrected chi connectivity index (χ1v) is 4.27. The molecule has 0 aliphatic heterocycles. The zero-order valence-corrected chi connectivity index (χ0v) is 6.81. The normalized spacial score (nSPS) is 21.0. The van der Waals surface area contributed by atoms with Crippen molar-refractivity contribution < 1.29 is 4.74 Å². The molecule has 1 saturated carbocycles. The molecule has 1 atom stereocenters. The molecule has 59 valence electrons. The largest absolute Gasteiger partial charge is 0.375 e. The van der Waals surface area contributed by atoms with Gasteiger partial charge in [0.1, 0.15) is 0 Å². The molecule has 0 heterocycles. The Kier molecular flexibility index (Phi) is 3.20. The van der Waals surface area contributed by atoms with E-state index in [1.54, 1.807) is 0 Å². The van der Waals surface area contributed by atoms with Crippen molar-refractivity contribution in [3.05, 3.63) is 6.92 Å². The van der Waals surface area contributed by atoms with Gasteiger partial charge in [-0.15, -0.1) is 0 Å². The molecular formula is C9H17O. The van der Waals surface area contributed by atoms with Gasteiger partial charge in [-0.1, -0.05) is 19.8 Å². The maximum atomic E-state index is 5.64. The minimum absolute atomic E-state index is 0.467. The van der Waals surface area contributed by atoms with Crippen LogP contribution in [0.5, 0.6) is 0 Å². The van der Waals surface area contributed by atoms with Crippen LogP contribution in [0.15, 0.2) is 0 Å². The second-order valence-corrected chi connectivity index (χ2v) is 3.14. The van der Waals surface area contributed by atoms with E-state index in [9.17, 15) is 0 Å².